The van der Waals surface area contributed by atoms with Gasteiger partial charge in [0.05, 0.1) is 6.04 Å². The van der Waals surface area contributed by atoms with E-state index in [2.05, 4.69) is 10.3 Å². The predicted octanol–water partition coefficient (Wildman–Crippen LogP) is 2.09. The maximum Gasteiger partial charge on any atom is 0.331 e. The van der Waals surface area contributed by atoms with Gasteiger partial charge in [-0.15, -0.1) is 11.3 Å². The molecule has 108 valence electrons. The van der Waals surface area contributed by atoms with Crippen LogP contribution in [0.4, 0.5) is 4.79 Å². The smallest absolute Gasteiger partial charge is 0.277 e. The first-order valence-electron chi connectivity index (χ1n) is 6.56. The SMILES string of the molecule is CCC1(CC)C(=O)NC(=O)N(C(C)c2nccs2)C1=O. The molecule has 0 aromatic carbocycles. The molecule has 2 heterocycles. The fraction of sp³-hybridized carbons (Fsp3) is 0.538. The molecule has 1 saturated heterocycles. The van der Waals surface area contributed by atoms with Crippen molar-refractivity contribution in [2.24, 2.45) is 5.41 Å². The Balaban J connectivity index is 2.40. The third-order valence-electron chi connectivity index (χ3n) is 3.91. The molecule has 1 unspecified atom stereocenters. The standard InChI is InChI=1S/C13H17N3O3S/c1-4-13(5-2)10(17)15-12(19)16(11(13)18)8(3)9-14-6-7-20-9/h6-8H,4-5H2,1-3H3,(H,15,17,19). The average Bonchev–Trinajstić information content (AvgIpc) is 2.93. The Morgan fingerprint density at radius 1 is 1.35 bits per heavy atom. The van der Waals surface area contributed by atoms with E-state index in [0.717, 1.165) is 4.90 Å². The molecule has 20 heavy (non-hydrogen) atoms. The van der Waals surface area contributed by atoms with Crippen molar-refractivity contribution in [1.82, 2.24) is 15.2 Å². The van der Waals surface area contributed by atoms with Crippen molar-refractivity contribution in [2.45, 2.75) is 39.7 Å². The lowest BCUT2D eigenvalue weighted by Gasteiger charge is -2.40. The van der Waals surface area contributed by atoms with Gasteiger partial charge in [-0.3, -0.25) is 19.8 Å². The summed E-state index contributed by atoms with van der Waals surface area (Å²) in [5.74, 6) is -0.931. The summed E-state index contributed by atoms with van der Waals surface area (Å²) >= 11 is 1.37. The minimum atomic E-state index is -1.15. The predicted molar refractivity (Wildman–Crippen MR) is 73.9 cm³/mol. The van der Waals surface area contributed by atoms with Gasteiger partial charge in [-0.25, -0.2) is 9.78 Å². The number of nitrogens with one attached hydrogen (secondary N) is 1. The zero-order chi connectivity index (χ0) is 14.9. The minimum Gasteiger partial charge on any atom is -0.277 e. The van der Waals surface area contributed by atoms with Crippen molar-refractivity contribution in [3.8, 4) is 0 Å². The number of nitrogens with zero attached hydrogens (tertiary/aromatic N) is 2. The number of barbiturate groups is 1. The van der Waals surface area contributed by atoms with Gasteiger partial charge >= 0.3 is 6.03 Å². The Bertz CT molecular complexity index is 537. The molecule has 1 aliphatic heterocycles. The summed E-state index contributed by atoms with van der Waals surface area (Å²) in [5.41, 5.74) is -1.15. The van der Waals surface area contributed by atoms with Gasteiger partial charge in [0.15, 0.2) is 0 Å². The molecular weight excluding hydrogens is 278 g/mol. The van der Waals surface area contributed by atoms with Gasteiger partial charge in [0.2, 0.25) is 11.8 Å². The highest BCUT2D eigenvalue weighted by Crippen LogP contribution is 2.36. The Labute approximate surface area is 121 Å². The molecule has 1 fully saturated rings. The van der Waals surface area contributed by atoms with Crippen LogP contribution in [-0.2, 0) is 9.59 Å². The number of carbonyl (C=O) groups is 3. The lowest BCUT2D eigenvalue weighted by atomic mass is 9.78. The number of imide groups is 2. The van der Waals surface area contributed by atoms with Gasteiger partial charge in [-0.1, -0.05) is 13.8 Å². The number of urea groups is 1. The molecule has 1 aliphatic rings. The Morgan fingerprint density at radius 3 is 2.50 bits per heavy atom. The lowest BCUT2D eigenvalue weighted by molar-refractivity contribution is -0.153. The molecule has 0 radical (unpaired) electrons. The molecule has 1 atom stereocenters. The molecular formula is C13H17N3O3S. The van der Waals surface area contributed by atoms with Gasteiger partial charge in [0.25, 0.3) is 0 Å². The fourth-order valence-corrected chi connectivity index (χ4v) is 3.16. The van der Waals surface area contributed by atoms with Crippen molar-refractivity contribution in [2.75, 3.05) is 0 Å². The van der Waals surface area contributed by atoms with Crippen LogP contribution in [0, 0.1) is 5.41 Å². The van der Waals surface area contributed by atoms with Crippen LogP contribution in [0.2, 0.25) is 0 Å². The molecule has 4 amide bonds. The fourth-order valence-electron chi connectivity index (χ4n) is 2.47. The highest BCUT2D eigenvalue weighted by atomic mass is 32.1. The van der Waals surface area contributed by atoms with Crippen LogP contribution in [0.3, 0.4) is 0 Å². The number of hydrogen-bond donors (Lipinski definition) is 1. The van der Waals surface area contributed by atoms with Crippen molar-refractivity contribution in [3.05, 3.63) is 16.6 Å². The minimum absolute atomic E-state index is 0.364. The average molecular weight is 295 g/mol. The molecule has 0 bridgehead atoms. The van der Waals surface area contributed by atoms with Crippen LogP contribution in [0.5, 0.6) is 0 Å². The summed E-state index contributed by atoms with van der Waals surface area (Å²) in [6.07, 6.45) is 2.35. The summed E-state index contributed by atoms with van der Waals surface area (Å²) < 4.78 is 0. The molecule has 7 heteroatoms. The van der Waals surface area contributed by atoms with E-state index < -0.39 is 29.3 Å². The topological polar surface area (TPSA) is 79.4 Å². The summed E-state index contributed by atoms with van der Waals surface area (Å²) in [4.78, 5) is 42.0. The number of carbonyl (C=O) groups excluding carboxylic acids is 3. The monoisotopic (exact) mass is 295 g/mol. The van der Waals surface area contributed by atoms with E-state index in [1.165, 1.54) is 11.3 Å². The normalized spacial score (nSPS) is 19.9. The van der Waals surface area contributed by atoms with Crippen LogP contribution in [0.1, 0.15) is 44.7 Å². The zero-order valence-corrected chi connectivity index (χ0v) is 12.5. The lowest BCUT2D eigenvalue weighted by Crippen LogP contribution is -2.63. The zero-order valence-electron chi connectivity index (χ0n) is 11.7. The second kappa shape index (κ2) is 5.32. The first kappa shape index (κ1) is 14.6. The van der Waals surface area contributed by atoms with Gasteiger partial charge < -0.3 is 0 Å². The second-order valence-electron chi connectivity index (χ2n) is 4.77. The summed E-state index contributed by atoms with van der Waals surface area (Å²) in [5, 5.41) is 4.76. The number of amides is 4. The molecule has 2 rings (SSSR count). The molecule has 1 aromatic rings. The van der Waals surface area contributed by atoms with Crippen molar-refractivity contribution in [1.29, 1.82) is 0 Å². The first-order valence-corrected chi connectivity index (χ1v) is 7.44. The van der Waals surface area contributed by atoms with E-state index in [1.54, 1.807) is 32.3 Å². The molecule has 1 N–H and O–H groups in total. The van der Waals surface area contributed by atoms with Gasteiger partial charge in [0.1, 0.15) is 10.4 Å². The van der Waals surface area contributed by atoms with Gasteiger partial charge in [-0.2, -0.15) is 0 Å². The summed E-state index contributed by atoms with van der Waals surface area (Å²) in [6, 6.07) is -1.15. The van der Waals surface area contributed by atoms with Crippen LogP contribution in [0.25, 0.3) is 0 Å². The van der Waals surface area contributed by atoms with Gasteiger partial charge in [0, 0.05) is 11.6 Å². The van der Waals surface area contributed by atoms with Crippen LogP contribution in [-0.4, -0.2) is 27.7 Å². The third kappa shape index (κ3) is 2.02. The van der Waals surface area contributed by atoms with Crippen molar-refractivity contribution in [3.63, 3.8) is 0 Å². The highest BCUT2D eigenvalue weighted by molar-refractivity contribution is 7.09. The van der Waals surface area contributed by atoms with E-state index >= 15 is 0 Å². The van der Waals surface area contributed by atoms with E-state index in [-0.39, 0.29) is 0 Å². The van der Waals surface area contributed by atoms with Crippen molar-refractivity contribution >= 4 is 29.2 Å². The van der Waals surface area contributed by atoms with Crippen LogP contribution in [0.15, 0.2) is 11.6 Å². The van der Waals surface area contributed by atoms with E-state index in [1.807, 2.05) is 0 Å². The largest absolute Gasteiger partial charge is 0.331 e. The molecule has 0 saturated carbocycles. The van der Waals surface area contributed by atoms with Crippen molar-refractivity contribution < 1.29 is 14.4 Å². The quantitative estimate of drug-likeness (QED) is 0.863. The Morgan fingerprint density at radius 2 is 2.00 bits per heavy atom. The maximum absolute atomic E-state index is 12.7. The number of hydrogen-bond acceptors (Lipinski definition) is 5. The number of aromatic nitrogens is 1. The highest BCUT2D eigenvalue weighted by Gasteiger charge is 2.52. The molecule has 0 spiro atoms. The third-order valence-corrected chi connectivity index (χ3v) is 4.85. The molecule has 0 aliphatic carbocycles. The van der Waals surface area contributed by atoms with E-state index in [9.17, 15) is 14.4 Å². The molecule has 1 aromatic heterocycles. The summed E-state index contributed by atoms with van der Waals surface area (Å²) in [6.45, 7) is 5.30. The summed E-state index contributed by atoms with van der Waals surface area (Å²) in [7, 11) is 0. The van der Waals surface area contributed by atoms with Crippen LogP contribution < -0.4 is 5.32 Å². The number of rotatable bonds is 4. The first-order chi connectivity index (χ1) is 9.47. The van der Waals surface area contributed by atoms with Crippen LogP contribution >= 0.6 is 11.3 Å². The second-order valence-corrected chi connectivity index (χ2v) is 5.70. The Kier molecular flexibility index (Phi) is 3.89. The Hall–Kier alpha value is -1.76. The van der Waals surface area contributed by atoms with E-state index in [0.29, 0.717) is 17.8 Å². The maximum atomic E-state index is 12.7. The molecule has 6 nitrogen and oxygen atoms in total. The number of thiazole rings is 1. The van der Waals surface area contributed by atoms with E-state index in [4.69, 9.17) is 0 Å². The van der Waals surface area contributed by atoms with Gasteiger partial charge in [-0.05, 0) is 19.8 Å².